The van der Waals surface area contributed by atoms with Crippen LogP contribution in [0.4, 0.5) is 20.2 Å². The summed E-state index contributed by atoms with van der Waals surface area (Å²) in [5, 5.41) is 18.6. The minimum Gasteiger partial charge on any atom is -0.485 e. The fourth-order valence-electron chi connectivity index (χ4n) is 3.99. The number of rotatable bonds is 7. The number of hydrogen-bond acceptors (Lipinski definition) is 6. The minimum absolute atomic E-state index is 0.00261. The molecule has 1 amide bonds. The topological polar surface area (TPSA) is 77.4 Å². The molecule has 36 heavy (non-hydrogen) atoms. The molecule has 7 nitrogen and oxygen atoms in total. The van der Waals surface area contributed by atoms with E-state index >= 15 is 4.39 Å². The number of carbonyl (C=O) groups is 1. The second-order valence-corrected chi connectivity index (χ2v) is 8.53. The molecule has 3 aromatic rings. The van der Waals surface area contributed by atoms with Crippen LogP contribution in [0.1, 0.15) is 47.9 Å². The fourth-order valence-corrected chi connectivity index (χ4v) is 3.99. The highest BCUT2D eigenvalue weighted by atomic mass is 19.1. The maximum atomic E-state index is 15.4. The summed E-state index contributed by atoms with van der Waals surface area (Å²) in [6.45, 7) is 5.33. The van der Waals surface area contributed by atoms with Crippen LogP contribution in [0.2, 0.25) is 0 Å². The molecule has 0 spiro atoms. The van der Waals surface area contributed by atoms with Crippen LogP contribution < -0.4 is 15.1 Å². The number of hydrazone groups is 1. The number of aliphatic hydroxyl groups excluding tert-OH is 1. The van der Waals surface area contributed by atoms with Gasteiger partial charge in [0.25, 0.3) is 5.91 Å². The third-order valence-corrected chi connectivity index (χ3v) is 6.09. The van der Waals surface area contributed by atoms with Crippen molar-refractivity contribution in [3.8, 4) is 5.75 Å². The highest BCUT2D eigenvalue weighted by Crippen LogP contribution is 2.35. The summed E-state index contributed by atoms with van der Waals surface area (Å²) in [5.74, 6) is -1.51. The van der Waals surface area contributed by atoms with E-state index in [1.54, 1.807) is 27.0 Å². The molecule has 9 heteroatoms. The SMILES string of the molecule is CCC1=NN(c2cc(O[C@@H](C)c3ccccc3)c(C(=O)Nc3c(C)cccc3F)cc2F)[C@@H](O)N1C. The highest BCUT2D eigenvalue weighted by Gasteiger charge is 2.33. The third kappa shape index (κ3) is 4.87. The molecule has 0 unspecified atom stereocenters. The molecule has 0 bridgehead atoms. The molecule has 1 aliphatic rings. The lowest BCUT2D eigenvalue weighted by atomic mass is 10.1. The van der Waals surface area contributed by atoms with Gasteiger partial charge in [-0.15, -0.1) is 0 Å². The van der Waals surface area contributed by atoms with E-state index in [0.717, 1.165) is 16.6 Å². The van der Waals surface area contributed by atoms with Crippen LogP contribution in [0.3, 0.4) is 0 Å². The van der Waals surface area contributed by atoms with E-state index in [1.807, 2.05) is 37.3 Å². The molecule has 0 fully saturated rings. The van der Waals surface area contributed by atoms with Gasteiger partial charge in [0.05, 0.1) is 11.3 Å². The molecule has 1 aliphatic heterocycles. The van der Waals surface area contributed by atoms with Gasteiger partial charge in [0.2, 0.25) is 6.35 Å². The molecule has 0 aliphatic carbocycles. The van der Waals surface area contributed by atoms with Crippen molar-refractivity contribution in [2.75, 3.05) is 17.4 Å². The summed E-state index contributed by atoms with van der Waals surface area (Å²) in [4.78, 5) is 14.8. The van der Waals surface area contributed by atoms with Gasteiger partial charge in [-0.05, 0) is 37.1 Å². The smallest absolute Gasteiger partial charge is 0.259 e. The van der Waals surface area contributed by atoms with Crippen molar-refractivity contribution >= 4 is 23.1 Å². The van der Waals surface area contributed by atoms with E-state index in [0.29, 0.717) is 17.8 Å². The zero-order valence-electron chi connectivity index (χ0n) is 20.5. The number of nitrogens with one attached hydrogen (secondary N) is 1. The molecular weight excluding hydrogens is 466 g/mol. The van der Waals surface area contributed by atoms with Crippen molar-refractivity contribution in [1.29, 1.82) is 0 Å². The molecule has 3 aromatic carbocycles. The van der Waals surface area contributed by atoms with Gasteiger partial charge in [0.1, 0.15) is 35.0 Å². The zero-order chi connectivity index (χ0) is 26.0. The first-order chi connectivity index (χ1) is 17.2. The lowest BCUT2D eigenvalue weighted by Crippen LogP contribution is -2.39. The molecule has 188 valence electrons. The quantitative estimate of drug-likeness (QED) is 0.459. The number of hydrogen-bond donors (Lipinski definition) is 2. The van der Waals surface area contributed by atoms with E-state index in [4.69, 9.17) is 4.74 Å². The number of amidine groups is 1. The Morgan fingerprint density at radius 1 is 1.14 bits per heavy atom. The molecule has 0 saturated carbocycles. The van der Waals surface area contributed by atoms with Gasteiger partial charge in [-0.1, -0.05) is 49.4 Å². The number of halogens is 2. The molecule has 1 heterocycles. The summed E-state index contributed by atoms with van der Waals surface area (Å²) in [7, 11) is 1.65. The number of benzene rings is 3. The molecule has 2 N–H and O–H groups in total. The first kappa shape index (κ1) is 25.1. The number of nitrogens with zero attached hydrogens (tertiary/aromatic N) is 3. The second-order valence-electron chi connectivity index (χ2n) is 8.53. The molecular formula is C27H28F2N4O3. The molecule has 0 aromatic heterocycles. The number of carbonyl (C=O) groups excluding carboxylic acids is 1. The van der Waals surface area contributed by atoms with Crippen LogP contribution in [0.5, 0.6) is 5.75 Å². The van der Waals surface area contributed by atoms with E-state index < -0.39 is 30.0 Å². The summed E-state index contributed by atoms with van der Waals surface area (Å²) in [6.07, 6.45) is -1.19. The van der Waals surface area contributed by atoms with Crippen molar-refractivity contribution in [2.24, 2.45) is 5.10 Å². The van der Waals surface area contributed by atoms with Crippen molar-refractivity contribution in [3.63, 3.8) is 0 Å². The molecule has 2 atom stereocenters. The Morgan fingerprint density at radius 3 is 2.50 bits per heavy atom. The van der Waals surface area contributed by atoms with Gasteiger partial charge in [0.15, 0.2) is 0 Å². The van der Waals surface area contributed by atoms with E-state index in [1.165, 1.54) is 23.1 Å². The fraction of sp³-hybridized carbons (Fsp3) is 0.259. The van der Waals surface area contributed by atoms with Crippen LogP contribution >= 0.6 is 0 Å². The Bertz CT molecular complexity index is 1280. The van der Waals surface area contributed by atoms with Crippen LogP contribution in [-0.2, 0) is 0 Å². The Hall–Kier alpha value is -3.98. The summed E-state index contributed by atoms with van der Waals surface area (Å²) in [6, 6.07) is 16.1. The van der Waals surface area contributed by atoms with Gasteiger partial charge in [-0.2, -0.15) is 5.10 Å². The van der Waals surface area contributed by atoms with E-state index in [9.17, 15) is 14.3 Å². The summed E-state index contributed by atoms with van der Waals surface area (Å²) in [5.41, 5.74) is 1.18. The first-order valence-electron chi connectivity index (χ1n) is 11.6. The highest BCUT2D eigenvalue weighted by molar-refractivity contribution is 6.07. The Morgan fingerprint density at radius 2 is 1.86 bits per heavy atom. The zero-order valence-corrected chi connectivity index (χ0v) is 20.5. The largest absolute Gasteiger partial charge is 0.485 e. The van der Waals surface area contributed by atoms with Crippen molar-refractivity contribution in [1.82, 2.24) is 4.90 Å². The van der Waals surface area contributed by atoms with Crippen molar-refractivity contribution < 1.29 is 23.4 Å². The van der Waals surface area contributed by atoms with Crippen LogP contribution in [0.15, 0.2) is 65.8 Å². The molecule has 0 radical (unpaired) electrons. The number of para-hydroxylation sites is 1. The standard InChI is InChI=1S/C27H28F2N4O3/c1-5-24-31-33(27(35)32(24)4)22-15-23(36-17(3)18-11-7-6-8-12-18)19(14-21(22)29)26(34)30-25-16(2)10-9-13-20(25)28/h6-15,17,27,35H,5H2,1-4H3,(H,30,34)/t17-,27-/m0/s1. The maximum Gasteiger partial charge on any atom is 0.259 e. The van der Waals surface area contributed by atoms with Crippen LogP contribution in [-0.4, -0.2) is 35.1 Å². The van der Waals surface area contributed by atoms with Gasteiger partial charge in [-0.3, -0.25) is 4.79 Å². The Balaban J connectivity index is 1.76. The van der Waals surface area contributed by atoms with E-state index in [2.05, 4.69) is 10.4 Å². The Labute approximate surface area is 208 Å². The maximum absolute atomic E-state index is 15.4. The number of aryl methyl sites for hydroxylation is 1. The van der Waals surface area contributed by atoms with Gasteiger partial charge >= 0.3 is 0 Å². The molecule has 4 rings (SSSR count). The monoisotopic (exact) mass is 494 g/mol. The van der Waals surface area contributed by atoms with Crippen molar-refractivity contribution in [3.05, 3.63) is 89.0 Å². The Kier molecular flexibility index (Phi) is 7.21. The summed E-state index contributed by atoms with van der Waals surface area (Å²) >= 11 is 0. The number of anilines is 2. The lowest BCUT2D eigenvalue weighted by Gasteiger charge is -2.25. The van der Waals surface area contributed by atoms with Gasteiger partial charge in [0, 0.05) is 19.5 Å². The van der Waals surface area contributed by atoms with Crippen LogP contribution in [0.25, 0.3) is 0 Å². The third-order valence-electron chi connectivity index (χ3n) is 6.09. The van der Waals surface area contributed by atoms with E-state index in [-0.39, 0.29) is 22.7 Å². The van der Waals surface area contributed by atoms with Crippen molar-refractivity contribution in [2.45, 2.75) is 39.6 Å². The van der Waals surface area contributed by atoms with Gasteiger partial charge < -0.3 is 20.1 Å². The summed E-state index contributed by atoms with van der Waals surface area (Å²) < 4.78 is 35.9. The lowest BCUT2D eigenvalue weighted by molar-refractivity contribution is 0.0794. The molecule has 0 saturated heterocycles. The average Bonchev–Trinajstić information content (AvgIpc) is 3.16. The second kappa shape index (κ2) is 10.3. The minimum atomic E-state index is -1.23. The first-order valence-corrected chi connectivity index (χ1v) is 11.6. The predicted octanol–water partition coefficient (Wildman–Crippen LogP) is 5.42. The average molecular weight is 495 g/mol. The predicted molar refractivity (Wildman–Crippen MR) is 135 cm³/mol. The normalized spacial score (nSPS) is 16.1. The number of aliphatic hydroxyl groups is 1. The van der Waals surface area contributed by atoms with Gasteiger partial charge in [-0.25, -0.2) is 13.8 Å². The number of amides is 1. The number of ether oxygens (including phenoxy) is 1. The van der Waals surface area contributed by atoms with Crippen LogP contribution in [0, 0.1) is 18.6 Å².